The molecule has 0 aliphatic carbocycles. The van der Waals surface area contributed by atoms with Crippen molar-refractivity contribution in [2.24, 2.45) is 20.5 Å². The molecule has 0 saturated carbocycles. The van der Waals surface area contributed by atoms with E-state index in [4.69, 9.17) is 27.6 Å². The number of azo groups is 2. The van der Waals surface area contributed by atoms with Gasteiger partial charge in [0.15, 0.2) is 10.0 Å². The maximum absolute atomic E-state index is 11.9. The maximum Gasteiger partial charge on any atom is 0.425 e. The Bertz CT molecular complexity index is 3100. The van der Waals surface area contributed by atoms with Gasteiger partial charge in [-0.15, -0.1) is 33.1 Å². The first kappa shape index (κ1) is 49.7. The van der Waals surface area contributed by atoms with Crippen molar-refractivity contribution in [1.29, 1.82) is 0 Å². The normalized spacial score (nSPS) is 11.6. The van der Waals surface area contributed by atoms with Crippen LogP contribution in [-0.2, 0) is 20.7 Å². The summed E-state index contributed by atoms with van der Waals surface area (Å²) in [6, 6.07) is 23.2. The van der Waals surface area contributed by atoms with E-state index in [2.05, 4.69) is 77.3 Å². The first-order chi connectivity index (χ1) is 32.3. The highest BCUT2D eigenvalue weighted by atomic mass is 32.2. The molecule has 352 valence electrons. The monoisotopic (exact) mass is 990 g/mol. The zero-order valence-electron chi connectivity index (χ0n) is 36.5. The van der Waals surface area contributed by atoms with Gasteiger partial charge in [-0.25, -0.2) is 0 Å². The van der Waals surface area contributed by atoms with E-state index in [1.165, 1.54) is 29.7 Å². The molecular weight excluding hydrogens is 945 g/mol. The number of fused-ring (bicyclic) bond motifs is 2. The van der Waals surface area contributed by atoms with E-state index < -0.39 is 20.7 Å². The lowest BCUT2D eigenvalue weighted by atomic mass is 10.2. The Kier molecular flexibility index (Phi) is 17.2. The van der Waals surface area contributed by atoms with Gasteiger partial charge in [-0.1, -0.05) is 12.1 Å². The fraction of sp³-hybridized carbons (Fsp3) is 0.293. The van der Waals surface area contributed by atoms with Crippen molar-refractivity contribution in [2.75, 3.05) is 77.8 Å². The largest absolute Gasteiger partial charge is 0.425 e. The molecule has 0 radical (unpaired) electrons. The van der Waals surface area contributed by atoms with E-state index >= 15 is 0 Å². The molecule has 7 rings (SSSR count). The summed E-state index contributed by atoms with van der Waals surface area (Å²) in [6.07, 6.45) is 0. The summed E-state index contributed by atoms with van der Waals surface area (Å²) in [5, 5.41) is 47.3. The number of hydrogen-bond donors (Lipinski definition) is 5. The number of aromatic nitrogens is 5. The van der Waals surface area contributed by atoms with Crippen molar-refractivity contribution in [1.82, 2.24) is 23.7 Å². The molecule has 0 amide bonds. The Morgan fingerprint density at radius 2 is 1.09 bits per heavy atom. The first-order valence-corrected chi connectivity index (χ1v) is 24.6. The number of aliphatic hydroxyl groups excluding tert-OH is 2. The van der Waals surface area contributed by atoms with Crippen molar-refractivity contribution >= 4 is 128 Å². The molecule has 0 unspecified atom stereocenters. The summed E-state index contributed by atoms with van der Waals surface area (Å²) in [5.74, 6) is 0.413. The number of nitrogens with one attached hydrogen (secondary N) is 2. The quantitative estimate of drug-likeness (QED) is 0.0355. The Morgan fingerprint density at radius 3 is 1.57 bits per heavy atom. The van der Waals surface area contributed by atoms with Crippen molar-refractivity contribution in [2.45, 2.75) is 32.6 Å². The van der Waals surface area contributed by atoms with Crippen LogP contribution in [0, 0.1) is 0 Å². The Balaban J connectivity index is 0.00000178. The summed E-state index contributed by atoms with van der Waals surface area (Å²) in [5.41, 5.74) is 5.08. The van der Waals surface area contributed by atoms with E-state index in [0.717, 1.165) is 60.0 Å². The van der Waals surface area contributed by atoms with Crippen LogP contribution in [0.15, 0.2) is 104 Å². The fourth-order valence-electron chi connectivity index (χ4n) is 6.69. The summed E-state index contributed by atoms with van der Waals surface area (Å²) >= 11 is 2.29. The van der Waals surface area contributed by atoms with Crippen molar-refractivity contribution in [3.05, 3.63) is 78.9 Å². The average molecular weight is 991 g/mol. The molecule has 0 saturated heterocycles. The van der Waals surface area contributed by atoms with Crippen molar-refractivity contribution in [3.63, 3.8) is 0 Å². The summed E-state index contributed by atoms with van der Waals surface area (Å²) < 4.78 is 67.7. The fourth-order valence-corrected chi connectivity index (χ4v) is 8.57. The predicted octanol–water partition coefficient (Wildman–Crippen LogP) is 8.14. The number of nitrogens with zero attached hydrogens (tertiary/aromatic N) is 12. The minimum Gasteiger partial charge on any atom is -0.395 e. The number of rotatable bonds is 20. The summed E-state index contributed by atoms with van der Waals surface area (Å²) in [4.78, 5) is 20.0. The van der Waals surface area contributed by atoms with Gasteiger partial charge in [0.25, 0.3) is 10.1 Å². The van der Waals surface area contributed by atoms with Gasteiger partial charge in [0.05, 0.1) is 40.5 Å². The van der Waals surface area contributed by atoms with Crippen molar-refractivity contribution < 1.29 is 35.8 Å². The molecule has 0 atom stereocenters. The standard InChI is InChI=1S/C41H46N14O5S3.O3S/c1-5-53(6-2)26-13-16-33(47-49-37-29-11-9-10-12-31(29)51-61-37)35(23-26)42-39-44-40(46-41(45-39)55(19-21-56)20-22-57)43-36-24-27(54(7-3)8-4)14-17-34(36)48-50-38-30-25-28(63(58,59)60)15-18-32(30)52-62-38;1-4(2)3/h9-18,23-25,56-57H,5-8,19-22H2,1-4H3,(H,58,59,60)(H2,42,43,44,45,46);. The zero-order valence-corrected chi connectivity index (χ0v) is 39.8. The van der Waals surface area contributed by atoms with Crippen LogP contribution in [0.25, 0.3) is 21.8 Å². The maximum atomic E-state index is 11.9. The molecular formula is C41H46N14O8S4. The predicted molar refractivity (Wildman–Crippen MR) is 260 cm³/mol. The van der Waals surface area contributed by atoms with E-state index in [-0.39, 0.29) is 49.0 Å². The molecule has 22 nitrogen and oxygen atoms in total. The smallest absolute Gasteiger partial charge is 0.395 e. The molecule has 0 aliphatic heterocycles. The molecule has 67 heavy (non-hydrogen) atoms. The number of anilines is 7. The van der Waals surface area contributed by atoms with E-state index in [0.29, 0.717) is 43.7 Å². The third kappa shape index (κ3) is 12.8. The molecule has 0 bridgehead atoms. The molecule has 0 aliphatic rings. The molecule has 0 fully saturated rings. The van der Waals surface area contributed by atoms with Crippen LogP contribution >= 0.6 is 23.1 Å². The molecule has 26 heteroatoms. The Labute approximate surface area is 394 Å². The Hall–Kier alpha value is -6.68. The van der Waals surface area contributed by atoms with E-state index in [1.807, 2.05) is 54.6 Å². The second-order valence-electron chi connectivity index (χ2n) is 14.0. The molecule has 5 N–H and O–H groups in total. The van der Waals surface area contributed by atoms with Crippen LogP contribution in [0.5, 0.6) is 0 Å². The van der Waals surface area contributed by atoms with Crippen LogP contribution < -0.4 is 25.3 Å². The van der Waals surface area contributed by atoms with Crippen LogP contribution in [-0.4, -0.2) is 112 Å². The minimum atomic E-state index is -4.47. The van der Waals surface area contributed by atoms with Gasteiger partial charge in [0.1, 0.15) is 11.4 Å². The van der Waals surface area contributed by atoms with Crippen LogP contribution in [0.2, 0.25) is 0 Å². The lowest BCUT2D eigenvalue weighted by molar-refractivity contribution is 0.280. The lowest BCUT2D eigenvalue weighted by Gasteiger charge is -2.24. The molecule has 7 aromatic rings. The van der Waals surface area contributed by atoms with Gasteiger partial charge in [-0.05, 0) is 117 Å². The van der Waals surface area contributed by atoms with E-state index in [9.17, 15) is 23.2 Å². The minimum absolute atomic E-state index is 0.108. The SMILES string of the molecule is CCN(CC)c1ccc(N=Nc2snc3ccccc23)c(Nc2nc(Nc3cc(N(CC)CC)ccc3N=Nc3snc4ccc(S(=O)(=O)O)cc34)nc(N(CCO)CCO)n2)c1.O=S(=O)=O. The van der Waals surface area contributed by atoms with Gasteiger partial charge < -0.3 is 35.5 Å². The molecule has 3 aromatic heterocycles. The van der Waals surface area contributed by atoms with Gasteiger partial charge in [0.2, 0.25) is 17.8 Å². The summed E-state index contributed by atoms with van der Waals surface area (Å²) in [6.45, 7) is 11.0. The Morgan fingerprint density at radius 1 is 0.612 bits per heavy atom. The second-order valence-corrected chi connectivity index (χ2v) is 17.3. The zero-order chi connectivity index (χ0) is 48.1. The van der Waals surface area contributed by atoms with Crippen molar-refractivity contribution in [3.8, 4) is 0 Å². The third-order valence-electron chi connectivity index (χ3n) is 9.95. The van der Waals surface area contributed by atoms with Gasteiger partial charge >= 0.3 is 10.6 Å². The van der Waals surface area contributed by atoms with Crippen LogP contribution in [0.1, 0.15) is 27.7 Å². The molecule has 4 aromatic carbocycles. The highest BCUT2D eigenvalue weighted by molar-refractivity contribution is 7.85. The van der Waals surface area contributed by atoms with Gasteiger partial charge in [-0.2, -0.15) is 32.1 Å². The topological polar surface area (TPSA) is 294 Å². The molecule has 3 heterocycles. The van der Waals surface area contributed by atoms with Crippen LogP contribution in [0.3, 0.4) is 0 Å². The lowest BCUT2D eigenvalue weighted by Crippen LogP contribution is -2.31. The average Bonchev–Trinajstić information content (AvgIpc) is 3.92. The highest BCUT2D eigenvalue weighted by Crippen LogP contribution is 2.39. The first-order valence-electron chi connectivity index (χ1n) is 20.6. The number of benzene rings is 4. The van der Waals surface area contributed by atoms with Crippen LogP contribution in [0.4, 0.5) is 62.0 Å². The highest BCUT2D eigenvalue weighted by Gasteiger charge is 2.19. The third-order valence-corrected chi connectivity index (χ3v) is 12.3. The second kappa shape index (κ2) is 23.2. The molecule has 0 spiro atoms. The number of hydrogen-bond acceptors (Lipinski definition) is 23. The van der Waals surface area contributed by atoms with Gasteiger partial charge in [0, 0.05) is 61.4 Å². The number of aliphatic hydroxyl groups is 2. The van der Waals surface area contributed by atoms with E-state index in [1.54, 1.807) is 11.0 Å². The van der Waals surface area contributed by atoms with Gasteiger partial charge in [-0.3, -0.25) is 4.55 Å². The summed E-state index contributed by atoms with van der Waals surface area (Å²) in [7, 11) is -7.58.